The molecule has 1 saturated heterocycles. The van der Waals surface area contributed by atoms with Gasteiger partial charge in [-0.3, -0.25) is 14.5 Å². The van der Waals surface area contributed by atoms with Gasteiger partial charge in [-0.25, -0.2) is 0 Å². The van der Waals surface area contributed by atoms with E-state index in [9.17, 15) is 14.7 Å². The molecular formula is C23H17Cl2N3O4S. The zero-order valence-electron chi connectivity index (χ0n) is 17.5. The van der Waals surface area contributed by atoms with E-state index in [2.05, 4.69) is 10.2 Å². The van der Waals surface area contributed by atoms with Gasteiger partial charge in [-0.15, -0.1) is 10.2 Å². The number of nitrogens with zero attached hydrogens (tertiary/aromatic N) is 3. The molecule has 168 valence electrons. The van der Waals surface area contributed by atoms with Crippen LogP contribution in [0.5, 0.6) is 5.75 Å². The van der Waals surface area contributed by atoms with E-state index in [0.29, 0.717) is 27.6 Å². The van der Waals surface area contributed by atoms with Gasteiger partial charge >= 0.3 is 5.91 Å². The summed E-state index contributed by atoms with van der Waals surface area (Å²) in [6.07, 6.45) is 0.713. The van der Waals surface area contributed by atoms with E-state index in [-0.39, 0.29) is 27.6 Å². The number of amides is 1. The summed E-state index contributed by atoms with van der Waals surface area (Å²) in [5.41, 5.74) is 1.80. The van der Waals surface area contributed by atoms with Crippen molar-refractivity contribution in [2.75, 3.05) is 4.90 Å². The van der Waals surface area contributed by atoms with Crippen LogP contribution in [0, 0.1) is 6.92 Å². The Balaban J connectivity index is 1.70. The normalized spacial score (nSPS) is 21.4. The maximum Gasteiger partial charge on any atom is 0.301 e. The molecule has 10 heteroatoms. The van der Waals surface area contributed by atoms with Crippen molar-refractivity contribution in [1.29, 1.82) is 0 Å². The molecule has 2 atom stereocenters. The zero-order valence-corrected chi connectivity index (χ0v) is 19.8. The minimum Gasteiger partial charge on any atom is -0.507 e. The number of rotatable bonds is 3. The van der Waals surface area contributed by atoms with Crippen molar-refractivity contribution in [2.24, 2.45) is 0 Å². The van der Waals surface area contributed by atoms with Crippen LogP contribution < -0.4 is 9.64 Å². The van der Waals surface area contributed by atoms with E-state index in [4.69, 9.17) is 27.9 Å². The Kier molecular flexibility index (Phi) is 5.39. The topological polar surface area (TPSA) is 92.6 Å². The number of aliphatic hydroxyl groups is 1. The van der Waals surface area contributed by atoms with Crippen LogP contribution in [0.3, 0.4) is 0 Å². The number of hydrogen-bond donors (Lipinski definition) is 1. The Morgan fingerprint density at radius 2 is 1.94 bits per heavy atom. The number of hydrogen-bond acceptors (Lipinski definition) is 7. The number of aryl methyl sites for hydroxylation is 1. The highest BCUT2D eigenvalue weighted by atomic mass is 35.5. The monoisotopic (exact) mass is 501 g/mol. The van der Waals surface area contributed by atoms with Gasteiger partial charge in [-0.05, 0) is 55.3 Å². The lowest BCUT2D eigenvalue weighted by Gasteiger charge is -2.23. The van der Waals surface area contributed by atoms with Crippen LogP contribution in [-0.2, 0) is 16.0 Å². The zero-order chi connectivity index (χ0) is 23.4. The van der Waals surface area contributed by atoms with Gasteiger partial charge in [0.1, 0.15) is 22.6 Å². The van der Waals surface area contributed by atoms with E-state index in [0.717, 1.165) is 11.3 Å². The average Bonchev–Trinajstić information content (AvgIpc) is 3.44. The largest absolute Gasteiger partial charge is 0.507 e. The predicted octanol–water partition coefficient (Wildman–Crippen LogP) is 5.10. The summed E-state index contributed by atoms with van der Waals surface area (Å²) in [4.78, 5) is 27.6. The SMILES string of the molecule is Cc1nnc(N2C(=O)C(=O)/C(=C(/O)c3ccc4c(c3)C[C@H](C)O4)[C@H]2c2ccc(Cl)c(Cl)c2)s1. The number of fused-ring (bicyclic) bond motifs is 1. The molecule has 0 unspecified atom stereocenters. The molecule has 1 aromatic heterocycles. The summed E-state index contributed by atoms with van der Waals surface area (Å²) in [6.45, 7) is 3.71. The fourth-order valence-corrected chi connectivity index (χ4v) is 5.16. The molecule has 7 nitrogen and oxygen atoms in total. The van der Waals surface area contributed by atoms with Crippen LogP contribution in [0.4, 0.5) is 5.13 Å². The van der Waals surface area contributed by atoms with Crippen molar-refractivity contribution in [1.82, 2.24) is 10.2 Å². The first kappa shape index (κ1) is 21.9. The minimum atomic E-state index is -0.949. The molecular weight excluding hydrogens is 485 g/mol. The third kappa shape index (κ3) is 3.68. The molecule has 1 N–H and O–H groups in total. The van der Waals surface area contributed by atoms with Gasteiger partial charge < -0.3 is 9.84 Å². The third-order valence-corrected chi connectivity index (χ3v) is 7.17. The van der Waals surface area contributed by atoms with Crippen LogP contribution in [-0.4, -0.2) is 33.1 Å². The van der Waals surface area contributed by atoms with Gasteiger partial charge in [-0.1, -0.05) is 40.6 Å². The number of carbonyl (C=O) groups excluding carboxylic acids is 2. The predicted molar refractivity (Wildman–Crippen MR) is 126 cm³/mol. The molecule has 1 fully saturated rings. The van der Waals surface area contributed by atoms with Gasteiger partial charge in [0.2, 0.25) is 5.13 Å². The molecule has 3 aromatic rings. The highest BCUT2D eigenvalue weighted by Crippen LogP contribution is 2.44. The lowest BCUT2D eigenvalue weighted by atomic mass is 9.94. The molecule has 2 aromatic carbocycles. The number of ketones is 1. The van der Waals surface area contributed by atoms with E-state index < -0.39 is 17.7 Å². The fourth-order valence-electron chi connectivity index (χ4n) is 4.14. The molecule has 0 aliphatic carbocycles. The molecule has 0 saturated carbocycles. The first-order chi connectivity index (χ1) is 15.7. The summed E-state index contributed by atoms with van der Waals surface area (Å²) in [7, 11) is 0. The van der Waals surface area contributed by atoms with Gasteiger partial charge in [-0.2, -0.15) is 0 Å². The third-order valence-electron chi connectivity index (χ3n) is 5.59. The van der Waals surface area contributed by atoms with Crippen molar-refractivity contribution < 1.29 is 19.4 Å². The van der Waals surface area contributed by atoms with Crippen LogP contribution in [0.2, 0.25) is 10.0 Å². The Labute approximate surface area is 203 Å². The van der Waals surface area contributed by atoms with Gasteiger partial charge in [0, 0.05) is 12.0 Å². The lowest BCUT2D eigenvalue weighted by molar-refractivity contribution is -0.132. The van der Waals surface area contributed by atoms with Crippen LogP contribution >= 0.6 is 34.5 Å². The number of aromatic nitrogens is 2. The maximum absolute atomic E-state index is 13.2. The number of Topliss-reactive ketones (excluding diaryl/α,β-unsaturated/α-hetero) is 1. The number of anilines is 1. The van der Waals surface area contributed by atoms with E-state index in [1.807, 2.05) is 6.92 Å². The number of ether oxygens (including phenoxy) is 1. The standard InChI is InChI=1S/C23H17Cl2N3O4S/c1-10-7-14-8-13(4-6-17(14)32-10)20(29)18-19(12-3-5-15(24)16(25)9-12)28(22(31)21(18)30)23-27-26-11(2)33-23/h3-6,8-10,19,29H,7H2,1-2H3/b20-18+/t10-,19+/m0/s1. The molecule has 33 heavy (non-hydrogen) atoms. The Morgan fingerprint density at radius 1 is 1.15 bits per heavy atom. The molecule has 2 aliphatic heterocycles. The molecule has 3 heterocycles. The van der Waals surface area contributed by atoms with Crippen molar-refractivity contribution in [2.45, 2.75) is 32.4 Å². The first-order valence-corrected chi connectivity index (χ1v) is 11.7. The lowest BCUT2D eigenvalue weighted by Crippen LogP contribution is -2.29. The number of benzene rings is 2. The summed E-state index contributed by atoms with van der Waals surface area (Å²) in [6, 6.07) is 9.08. The number of halogens is 2. The van der Waals surface area contributed by atoms with E-state index in [1.54, 1.807) is 43.3 Å². The molecule has 0 radical (unpaired) electrons. The van der Waals surface area contributed by atoms with Gasteiger partial charge in [0.05, 0.1) is 21.7 Å². The molecule has 0 bridgehead atoms. The van der Waals surface area contributed by atoms with Crippen LogP contribution in [0.25, 0.3) is 5.76 Å². The Hall–Kier alpha value is -2.94. The Bertz CT molecular complexity index is 1350. The molecule has 5 rings (SSSR count). The van der Waals surface area contributed by atoms with E-state index >= 15 is 0 Å². The first-order valence-electron chi connectivity index (χ1n) is 10.1. The number of carbonyl (C=O) groups is 2. The summed E-state index contributed by atoms with van der Waals surface area (Å²) in [5.74, 6) is -1.16. The molecule has 2 aliphatic rings. The summed E-state index contributed by atoms with van der Waals surface area (Å²) >= 11 is 13.5. The fraction of sp³-hybridized carbons (Fsp3) is 0.217. The quantitative estimate of drug-likeness (QED) is 0.304. The molecule has 0 spiro atoms. The highest BCUT2D eigenvalue weighted by Gasteiger charge is 2.48. The smallest absolute Gasteiger partial charge is 0.301 e. The van der Waals surface area contributed by atoms with Crippen molar-refractivity contribution >= 4 is 57.1 Å². The second-order valence-corrected chi connectivity index (χ2v) is 9.88. The van der Waals surface area contributed by atoms with Crippen molar-refractivity contribution in [3.05, 3.63) is 73.7 Å². The van der Waals surface area contributed by atoms with E-state index in [1.165, 1.54) is 16.2 Å². The van der Waals surface area contributed by atoms with Crippen molar-refractivity contribution in [3.63, 3.8) is 0 Å². The van der Waals surface area contributed by atoms with Crippen molar-refractivity contribution in [3.8, 4) is 5.75 Å². The summed E-state index contributed by atoms with van der Waals surface area (Å²) < 4.78 is 5.73. The minimum absolute atomic E-state index is 0.0276. The Morgan fingerprint density at radius 3 is 2.64 bits per heavy atom. The molecule has 1 amide bonds. The second kappa shape index (κ2) is 8.13. The second-order valence-electron chi connectivity index (χ2n) is 7.90. The highest BCUT2D eigenvalue weighted by molar-refractivity contribution is 7.15. The van der Waals surface area contributed by atoms with Gasteiger partial charge in [0.25, 0.3) is 5.78 Å². The van der Waals surface area contributed by atoms with Gasteiger partial charge in [0.15, 0.2) is 0 Å². The maximum atomic E-state index is 13.2. The number of aliphatic hydroxyl groups excluding tert-OH is 1. The average molecular weight is 502 g/mol. The van der Waals surface area contributed by atoms with Crippen LogP contribution in [0.15, 0.2) is 42.0 Å². The van der Waals surface area contributed by atoms with Crippen LogP contribution in [0.1, 0.15) is 34.7 Å². The summed E-state index contributed by atoms with van der Waals surface area (Å²) in [5, 5.41) is 20.8.